The third-order valence-corrected chi connectivity index (χ3v) is 6.19. The zero-order valence-electron chi connectivity index (χ0n) is 17.0. The number of benzene rings is 1. The van der Waals surface area contributed by atoms with E-state index in [1.54, 1.807) is 11.0 Å². The summed E-state index contributed by atoms with van der Waals surface area (Å²) in [5.41, 5.74) is 1.13. The fraction of sp³-hybridized carbons (Fsp3) is 0.545. The minimum atomic E-state index is -2.59. The van der Waals surface area contributed by atoms with Crippen molar-refractivity contribution >= 4 is 5.91 Å². The molecule has 2 N–H and O–H groups in total. The molecule has 1 unspecified atom stereocenters. The largest absolute Gasteiger partial charge is 0.388 e. The number of nitrogens with one attached hydrogen (secondary N) is 1. The van der Waals surface area contributed by atoms with Crippen LogP contribution in [0.4, 0.5) is 8.78 Å². The Bertz CT molecular complexity index is 863. The van der Waals surface area contributed by atoms with Crippen LogP contribution in [-0.2, 0) is 0 Å². The quantitative estimate of drug-likeness (QED) is 0.800. The molecular weight excluding hydrogens is 390 g/mol. The first kappa shape index (κ1) is 20.9. The molecule has 2 aromatic rings. The summed E-state index contributed by atoms with van der Waals surface area (Å²) in [5.74, 6) is -2.72. The van der Waals surface area contributed by atoms with Gasteiger partial charge in [0.25, 0.3) is 11.8 Å². The number of hydrogen-bond acceptors (Lipinski definition) is 4. The summed E-state index contributed by atoms with van der Waals surface area (Å²) < 4.78 is 26.8. The maximum Gasteiger partial charge on any atom is 0.271 e. The molecule has 0 spiro atoms. The van der Waals surface area contributed by atoms with Crippen LogP contribution in [0.3, 0.4) is 0 Å². The number of aromatic amines is 1. The van der Waals surface area contributed by atoms with Crippen LogP contribution in [0.25, 0.3) is 11.3 Å². The van der Waals surface area contributed by atoms with Gasteiger partial charge in [-0.15, -0.1) is 0 Å². The molecule has 0 bridgehead atoms. The molecule has 2 aliphatic heterocycles. The molecule has 30 heavy (non-hydrogen) atoms. The topological polar surface area (TPSA) is 72.5 Å². The second-order valence-corrected chi connectivity index (χ2v) is 8.54. The third-order valence-electron chi connectivity index (χ3n) is 6.19. The molecule has 0 aliphatic carbocycles. The van der Waals surface area contributed by atoms with Crippen molar-refractivity contribution in [2.45, 2.75) is 43.6 Å². The number of β-amino-alcohol motifs (C(OH)–C–C–N with tert-alkyl or cyclic N) is 1. The van der Waals surface area contributed by atoms with Gasteiger partial charge in [0.05, 0.1) is 11.3 Å². The van der Waals surface area contributed by atoms with E-state index in [9.17, 15) is 18.7 Å². The van der Waals surface area contributed by atoms with Crippen molar-refractivity contribution in [3.63, 3.8) is 0 Å². The van der Waals surface area contributed by atoms with E-state index in [4.69, 9.17) is 0 Å². The van der Waals surface area contributed by atoms with E-state index < -0.39 is 11.5 Å². The molecule has 2 fully saturated rings. The van der Waals surface area contributed by atoms with Gasteiger partial charge >= 0.3 is 0 Å². The first-order valence-corrected chi connectivity index (χ1v) is 10.6. The normalized spacial score (nSPS) is 25.1. The highest BCUT2D eigenvalue weighted by Gasteiger charge is 2.38. The van der Waals surface area contributed by atoms with Crippen molar-refractivity contribution in [3.8, 4) is 11.3 Å². The number of rotatable bonds is 4. The smallest absolute Gasteiger partial charge is 0.271 e. The summed E-state index contributed by atoms with van der Waals surface area (Å²) in [6.07, 6.45) is 1.35. The zero-order chi connectivity index (χ0) is 21.2. The fourth-order valence-electron chi connectivity index (χ4n) is 4.35. The van der Waals surface area contributed by atoms with Crippen molar-refractivity contribution in [3.05, 3.63) is 42.1 Å². The summed E-state index contributed by atoms with van der Waals surface area (Å²) >= 11 is 0. The monoisotopic (exact) mass is 418 g/mol. The number of piperidine rings is 1. The molecule has 3 heterocycles. The van der Waals surface area contributed by atoms with Crippen LogP contribution in [0.5, 0.6) is 0 Å². The van der Waals surface area contributed by atoms with Gasteiger partial charge in [0.1, 0.15) is 5.69 Å². The molecule has 2 saturated heterocycles. The molecule has 0 radical (unpaired) electrons. The Morgan fingerprint density at radius 2 is 1.80 bits per heavy atom. The van der Waals surface area contributed by atoms with Gasteiger partial charge in [0, 0.05) is 51.1 Å². The summed E-state index contributed by atoms with van der Waals surface area (Å²) in [6, 6.07) is 11.4. The van der Waals surface area contributed by atoms with Crippen LogP contribution < -0.4 is 0 Å². The van der Waals surface area contributed by atoms with Crippen molar-refractivity contribution in [2.75, 3.05) is 32.7 Å². The molecule has 4 rings (SSSR count). The average Bonchev–Trinajstić information content (AvgIpc) is 3.15. The van der Waals surface area contributed by atoms with Gasteiger partial charge in [-0.3, -0.25) is 9.89 Å². The highest BCUT2D eigenvalue weighted by Crippen LogP contribution is 2.31. The molecule has 162 valence electrons. The lowest BCUT2D eigenvalue weighted by Crippen LogP contribution is -2.48. The number of amides is 1. The molecule has 8 heteroatoms. The number of hydrogen-bond donors (Lipinski definition) is 2. The maximum absolute atomic E-state index is 13.4. The van der Waals surface area contributed by atoms with E-state index in [1.807, 2.05) is 35.2 Å². The number of H-pyrrole nitrogens is 1. The van der Waals surface area contributed by atoms with Crippen molar-refractivity contribution in [1.82, 2.24) is 20.0 Å². The number of halogens is 2. The standard InChI is InChI=1S/C22H28F2N4O2/c23-22(24)9-12-27(13-10-22)16-21(30)7-4-11-28(14-8-21)20(29)19-15-18(25-26-19)17-5-2-1-3-6-17/h1-3,5-6,15,30H,4,7-14,16H2,(H,25,26). The molecule has 0 saturated carbocycles. The van der Waals surface area contributed by atoms with Crippen LogP contribution in [0.15, 0.2) is 36.4 Å². The summed E-state index contributed by atoms with van der Waals surface area (Å²) in [5, 5.41) is 18.2. The third kappa shape index (κ3) is 4.87. The number of likely N-dealkylation sites (tertiary alicyclic amines) is 2. The van der Waals surface area contributed by atoms with E-state index in [1.165, 1.54) is 0 Å². The molecule has 2 aliphatic rings. The SMILES string of the molecule is O=C(c1cc(-c2ccccc2)n[nH]1)N1CCCC(O)(CN2CCC(F)(F)CC2)CC1. The second-order valence-electron chi connectivity index (χ2n) is 8.54. The van der Waals surface area contributed by atoms with Crippen molar-refractivity contribution in [1.29, 1.82) is 0 Å². The first-order chi connectivity index (χ1) is 14.3. The Balaban J connectivity index is 1.36. The van der Waals surface area contributed by atoms with Crippen LogP contribution in [0.2, 0.25) is 0 Å². The summed E-state index contributed by atoms with van der Waals surface area (Å²) in [7, 11) is 0. The Kier molecular flexibility index (Phi) is 5.88. The van der Waals surface area contributed by atoms with Crippen LogP contribution >= 0.6 is 0 Å². The Morgan fingerprint density at radius 3 is 2.53 bits per heavy atom. The molecule has 1 amide bonds. The minimum Gasteiger partial charge on any atom is -0.388 e. The van der Waals surface area contributed by atoms with Crippen LogP contribution in [0.1, 0.15) is 42.6 Å². The molecule has 1 atom stereocenters. The van der Waals surface area contributed by atoms with E-state index >= 15 is 0 Å². The fourth-order valence-corrected chi connectivity index (χ4v) is 4.35. The lowest BCUT2D eigenvalue weighted by Gasteiger charge is -2.37. The number of aromatic nitrogens is 2. The molecule has 1 aromatic heterocycles. The predicted molar refractivity (Wildman–Crippen MR) is 109 cm³/mol. The van der Waals surface area contributed by atoms with E-state index in [2.05, 4.69) is 10.2 Å². The molecule has 6 nitrogen and oxygen atoms in total. The van der Waals surface area contributed by atoms with Gasteiger partial charge in [0.15, 0.2) is 0 Å². The minimum absolute atomic E-state index is 0.133. The lowest BCUT2D eigenvalue weighted by molar-refractivity contribution is -0.0768. The summed E-state index contributed by atoms with van der Waals surface area (Å²) in [4.78, 5) is 16.6. The Morgan fingerprint density at radius 1 is 1.07 bits per heavy atom. The van der Waals surface area contributed by atoms with E-state index in [0.717, 1.165) is 5.56 Å². The maximum atomic E-state index is 13.4. The second kappa shape index (κ2) is 8.43. The number of aliphatic hydroxyl groups is 1. The number of carbonyl (C=O) groups is 1. The number of alkyl halides is 2. The van der Waals surface area contributed by atoms with Gasteiger partial charge in [-0.1, -0.05) is 30.3 Å². The Hall–Kier alpha value is -2.32. The average molecular weight is 418 g/mol. The van der Waals surface area contributed by atoms with Crippen molar-refractivity contribution in [2.24, 2.45) is 0 Å². The zero-order valence-corrected chi connectivity index (χ0v) is 17.0. The first-order valence-electron chi connectivity index (χ1n) is 10.6. The highest BCUT2D eigenvalue weighted by molar-refractivity contribution is 5.93. The van der Waals surface area contributed by atoms with Gasteiger partial charge in [0.2, 0.25) is 0 Å². The highest BCUT2D eigenvalue weighted by atomic mass is 19.3. The predicted octanol–water partition coefficient (Wildman–Crippen LogP) is 3.17. The summed E-state index contributed by atoms with van der Waals surface area (Å²) in [6.45, 7) is 1.97. The number of carbonyl (C=O) groups excluding carboxylic acids is 1. The molecular formula is C22H28F2N4O2. The van der Waals surface area contributed by atoms with E-state index in [-0.39, 0.29) is 18.7 Å². The van der Waals surface area contributed by atoms with E-state index in [0.29, 0.717) is 63.4 Å². The van der Waals surface area contributed by atoms with Gasteiger partial charge in [-0.05, 0) is 25.3 Å². The van der Waals surface area contributed by atoms with Crippen molar-refractivity contribution < 1.29 is 18.7 Å². The van der Waals surface area contributed by atoms with Crippen LogP contribution in [-0.4, -0.2) is 75.3 Å². The lowest BCUT2D eigenvalue weighted by atomic mass is 9.93. The molecule has 1 aromatic carbocycles. The Labute approximate surface area is 174 Å². The van der Waals surface area contributed by atoms with Gasteiger partial charge < -0.3 is 14.9 Å². The van der Waals surface area contributed by atoms with Crippen LogP contribution in [0, 0.1) is 0 Å². The van der Waals surface area contributed by atoms with Gasteiger partial charge in [-0.25, -0.2) is 8.78 Å². The van der Waals surface area contributed by atoms with Gasteiger partial charge in [-0.2, -0.15) is 5.10 Å². The number of nitrogens with zero attached hydrogens (tertiary/aromatic N) is 3.